The Balaban J connectivity index is 1.34. The van der Waals surface area contributed by atoms with Gasteiger partial charge in [0.05, 0.1) is 25.5 Å². The molecule has 12 nitrogen and oxygen atoms in total. The Bertz CT molecular complexity index is 1660. The summed E-state index contributed by atoms with van der Waals surface area (Å²) in [4.78, 5) is 26.9. The maximum absolute atomic E-state index is 13.5. The number of methoxy groups -OCH3 is 1. The van der Waals surface area contributed by atoms with E-state index < -0.39 is 52.1 Å². The normalized spacial score (nSPS) is 23.0. The molecule has 0 radical (unpaired) electrons. The zero-order valence-electron chi connectivity index (χ0n) is 25.9. The van der Waals surface area contributed by atoms with E-state index in [1.807, 2.05) is 0 Å². The molecule has 4 atom stereocenters. The molecule has 47 heavy (non-hydrogen) atoms. The number of allylic oxidation sites excluding steroid dienone is 2. The molecule has 2 heterocycles. The molecule has 1 saturated carbocycles. The minimum atomic E-state index is -3.90. The molecule has 0 bridgehead atoms. The van der Waals surface area contributed by atoms with Crippen LogP contribution < -0.4 is 23.7 Å². The second-order valence-electron chi connectivity index (χ2n) is 11.6. The molecule has 1 saturated heterocycles. The predicted octanol–water partition coefficient (Wildman–Crippen LogP) is 4.30. The summed E-state index contributed by atoms with van der Waals surface area (Å²) < 4.78 is 76.3. The van der Waals surface area contributed by atoms with Gasteiger partial charge in [0.15, 0.2) is 28.8 Å². The molecule has 5 rings (SSSR count). The van der Waals surface area contributed by atoms with Crippen molar-refractivity contribution in [3.63, 3.8) is 0 Å². The number of rotatable bonds is 14. The number of carbonyl (C=O) groups excluding carboxylic acids is 2. The Labute approximate surface area is 271 Å². The van der Waals surface area contributed by atoms with E-state index in [1.165, 1.54) is 62.7 Å². The number of esters is 1. The number of hydrogen-bond donors (Lipinski definition) is 1. The van der Waals surface area contributed by atoms with E-state index in [0.717, 1.165) is 19.1 Å². The van der Waals surface area contributed by atoms with E-state index in [0.29, 0.717) is 23.2 Å². The van der Waals surface area contributed by atoms with Crippen LogP contribution in [0, 0.1) is 17.0 Å². The lowest BCUT2D eigenvalue weighted by atomic mass is 9.82. The summed E-state index contributed by atoms with van der Waals surface area (Å²) in [5.41, 5.74) is -1.19. The van der Waals surface area contributed by atoms with E-state index in [-0.39, 0.29) is 41.5 Å². The van der Waals surface area contributed by atoms with Crippen molar-refractivity contribution in [2.75, 3.05) is 26.5 Å². The predicted molar refractivity (Wildman–Crippen MR) is 165 cm³/mol. The van der Waals surface area contributed by atoms with Gasteiger partial charge in [-0.3, -0.25) is 9.59 Å². The summed E-state index contributed by atoms with van der Waals surface area (Å²) in [5.74, 6) is -1.85. The van der Waals surface area contributed by atoms with Crippen molar-refractivity contribution in [3.05, 3.63) is 77.2 Å². The van der Waals surface area contributed by atoms with Gasteiger partial charge in [0, 0.05) is 12.5 Å². The van der Waals surface area contributed by atoms with Gasteiger partial charge in [-0.15, -0.1) is 0 Å². The van der Waals surface area contributed by atoms with Crippen LogP contribution in [0.4, 0.5) is 8.78 Å². The average molecular weight is 678 g/mol. The largest absolute Gasteiger partial charge is 0.758 e. The summed E-state index contributed by atoms with van der Waals surface area (Å²) in [5, 5.41) is 17.1. The molecular weight excluding hydrogens is 642 g/mol. The van der Waals surface area contributed by atoms with Crippen LogP contribution in [0.3, 0.4) is 0 Å². The zero-order valence-corrected chi connectivity index (χ0v) is 26.7. The summed E-state index contributed by atoms with van der Waals surface area (Å²) in [6, 6.07) is 7.55. The molecule has 2 fully saturated rings. The van der Waals surface area contributed by atoms with E-state index >= 15 is 0 Å². The molecule has 254 valence electrons. The van der Waals surface area contributed by atoms with Crippen molar-refractivity contribution in [2.45, 2.75) is 50.5 Å². The molecule has 2 aromatic carbocycles. The molecule has 0 aromatic heterocycles. The van der Waals surface area contributed by atoms with Crippen molar-refractivity contribution in [1.29, 1.82) is 0 Å². The SMILES string of the molecule is COc1c(OS(C)(=O)=O)cccc1C(=O)C1CNC(C(=O)O[C@@H](C)[C@@]2(c3ccc(OC(F)F)c(OCC4CC4)c3)C=CC=CN2[O-])C1. The number of nitrogens with one attached hydrogen (secondary N) is 1. The zero-order chi connectivity index (χ0) is 33.9. The Kier molecular flexibility index (Phi) is 10.1. The van der Waals surface area contributed by atoms with Gasteiger partial charge >= 0.3 is 22.7 Å². The van der Waals surface area contributed by atoms with E-state index in [2.05, 4.69) is 10.1 Å². The van der Waals surface area contributed by atoms with Crippen LogP contribution in [0.5, 0.6) is 23.0 Å². The molecule has 3 aliphatic rings. The number of Topliss-reactive ketones (excluding diaryl/α,β-unsaturated/α-hetero) is 1. The molecule has 0 amide bonds. The molecule has 2 unspecified atom stereocenters. The van der Waals surface area contributed by atoms with E-state index in [9.17, 15) is 32.0 Å². The lowest BCUT2D eigenvalue weighted by molar-refractivity contribution is -0.155. The third-order valence-electron chi connectivity index (χ3n) is 8.23. The molecule has 15 heteroatoms. The van der Waals surface area contributed by atoms with Gasteiger partial charge in [-0.05, 0) is 74.2 Å². The van der Waals surface area contributed by atoms with E-state index in [4.69, 9.17) is 18.4 Å². The number of ether oxygens (including phenoxy) is 4. The van der Waals surface area contributed by atoms with Gasteiger partial charge in [0.1, 0.15) is 17.7 Å². The standard InChI is InChI=1S/C32H35F2N2O10S/c1-19(32(13-4-5-14-36(32)39)22-11-12-25(45-31(33)34)27(16-22)43-18-20-9-10-20)44-30(38)24-15-21(17-35-24)28(37)23-7-6-8-26(29(23)42-2)46-47(3,40)41/h4-8,11-14,16,19-21,24,31,35H,9-10,15,17-18H2,1-3H3/q-1/t19-,21?,24?,32+/m0/s1. The average Bonchev–Trinajstić information content (AvgIpc) is 3.71. The molecule has 0 spiro atoms. The first kappa shape index (κ1) is 34.1. The molecule has 2 aromatic rings. The second-order valence-corrected chi connectivity index (χ2v) is 13.2. The van der Waals surface area contributed by atoms with Crippen LogP contribution in [0.15, 0.2) is 60.8 Å². The third kappa shape index (κ3) is 7.68. The minimum absolute atomic E-state index is 0.0317. The summed E-state index contributed by atoms with van der Waals surface area (Å²) >= 11 is 0. The number of benzene rings is 2. The number of alkyl halides is 2. The van der Waals surface area contributed by atoms with Gasteiger partial charge < -0.3 is 38.7 Å². The molecule has 1 aliphatic carbocycles. The molecule has 1 N–H and O–H groups in total. The van der Waals surface area contributed by atoms with Gasteiger partial charge in [-0.1, -0.05) is 24.3 Å². The summed E-state index contributed by atoms with van der Waals surface area (Å²) in [7, 11) is -2.62. The fraction of sp³-hybridized carbons (Fsp3) is 0.438. The third-order valence-corrected chi connectivity index (χ3v) is 8.71. The highest BCUT2D eigenvalue weighted by molar-refractivity contribution is 7.86. The highest BCUT2D eigenvalue weighted by Gasteiger charge is 2.43. The van der Waals surface area contributed by atoms with Crippen molar-refractivity contribution < 1.29 is 49.9 Å². The minimum Gasteiger partial charge on any atom is -0.758 e. The maximum atomic E-state index is 13.5. The van der Waals surface area contributed by atoms with Crippen LogP contribution in [0.1, 0.15) is 42.1 Å². The number of halogens is 2. The number of para-hydroxylation sites is 1. The van der Waals surface area contributed by atoms with Crippen molar-refractivity contribution in [2.24, 2.45) is 11.8 Å². The van der Waals surface area contributed by atoms with Gasteiger partial charge in [-0.2, -0.15) is 17.2 Å². The van der Waals surface area contributed by atoms with Crippen LogP contribution in [-0.2, 0) is 25.2 Å². The van der Waals surface area contributed by atoms with Gasteiger partial charge in [0.2, 0.25) is 0 Å². The topological polar surface area (TPSA) is 153 Å². The molecule has 2 aliphatic heterocycles. The lowest BCUT2D eigenvalue weighted by Gasteiger charge is -2.50. The monoisotopic (exact) mass is 677 g/mol. The van der Waals surface area contributed by atoms with Gasteiger partial charge in [0.25, 0.3) is 0 Å². The number of hydrogen-bond acceptors (Lipinski definition) is 12. The smallest absolute Gasteiger partial charge is 0.387 e. The number of nitrogens with zero attached hydrogens (tertiary/aromatic N) is 1. The number of ketones is 1. The second kappa shape index (κ2) is 13.9. The van der Waals surface area contributed by atoms with Crippen molar-refractivity contribution in [3.8, 4) is 23.0 Å². The summed E-state index contributed by atoms with van der Waals surface area (Å²) in [6.45, 7) is -1.14. The maximum Gasteiger partial charge on any atom is 0.387 e. The van der Waals surface area contributed by atoms with Crippen LogP contribution in [-0.4, -0.2) is 70.5 Å². The van der Waals surface area contributed by atoms with Crippen molar-refractivity contribution in [1.82, 2.24) is 10.4 Å². The van der Waals surface area contributed by atoms with Crippen molar-refractivity contribution >= 4 is 21.9 Å². The van der Waals surface area contributed by atoms with Crippen LogP contribution >= 0.6 is 0 Å². The Morgan fingerprint density at radius 1 is 1.13 bits per heavy atom. The Morgan fingerprint density at radius 3 is 2.55 bits per heavy atom. The van der Waals surface area contributed by atoms with E-state index in [1.54, 1.807) is 12.2 Å². The fourth-order valence-electron chi connectivity index (χ4n) is 5.69. The van der Waals surface area contributed by atoms with Crippen LogP contribution in [0.2, 0.25) is 0 Å². The quantitative estimate of drug-likeness (QED) is 0.172. The highest BCUT2D eigenvalue weighted by Crippen LogP contribution is 2.43. The van der Waals surface area contributed by atoms with Crippen LogP contribution in [0.25, 0.3) is 0 Å². The number of carbonyl (C=O) groups is 2. The first-order valence-corrected chi connectivity index (χ1v) is 16.7. The van der Waals surface area contributed by atoms with Gasteiger partial charge in [-0.25, -0.2) is 0 Å². The Morgan fingerprint density at radius 2 is 1.89 bits per heavy atom. The Hall–Kier alpha value is -4.21. The first-order valence-electron chi connectivity index (χ1n) is 14.9. The first-order chi connectivity index (χ1) is 22.3. The highest BCUT2D eigenvalue weighted by atomic mass is 32.2. The summed E-state index contributed by atoms with van der Waals surface area (Å²) in [6.07, 6.45) is 7.68. The number of hydroxylamine groups is 2. The lowest BCUT2D eigenvalue weighted by Crippen LogP contribution is -2.50. The fourth-order valence-corrected chi connectivity index (χ4v) is 6.14. The molecular formula is C32H35F2N2O10S-.